The molecule has 4 N–H and O–H groups in total. The Morgan fingerprint density at radius 2 is 1.90 bits per heavy atom. The highest BCUT2D eigenvalue weighted by Crippen LogP contribution is 2.20. The maximum absolute atomic E-state index is 5.36. The second-order valence-electron chi connectivity index (χ2n) is 4.18. The third-order valence-electron chi connectivity index (χ3n) is 2.48. The van der Waals surface area contributed by atoms with Crippen LogP contribution in [0, 0.1) is 0 Å². The number of hydrazine groups is 1. The summed E-state index contributed by atoms with van der Waals surface area (Å²) in [5.74, 6) is 7.28. The fraction of sp³-hybridized carbons (Fsp3) is 0.250. The highest BCUT2D eigenvalue weighted by molar-refractivity contribution is 5.57. The molecular weight excluding hydrogens is 258 g/mol. The molecule has 0 aliphatic heterocycles. The third-order valence-corrected chi connectivity index (χ3v) is 2.48. The summed E-state index contributed by atoms with van der Waals surface area (Å²) in [6.45, 7) is 0. The number of nitrogens with zero attached hydrogens (tertiary/aromatic N) is 4. The monoisotopic (exact) mass is 275 g/mol. The van der Waals surface area contributed by atoms with Crippen molar-refractivity contribution in [2.45, 2.75) is 0 Å². The molecule has 1 aromatic heterocycles. The molecule has 1 heterocycles. The van der Waals surface area contributed by atoms with E-state index in [2.05, 4.69) is 25.7 Å². The number of hydrogen-bond donors (Lipinski definition) is 3. The van der Waals surface area contributed by atoms with Gasteiger partial charge in [0, 0.05) is 25.8 Å². The van der Waals surface area contributed by atoms with Crippen LogP contribution in [0.5, 0.6) is 5.75 Å². The molecule has 0 saturated carbocycles. The second kappa shape index (κ2) is 6.02. The molecule has 2 aromatic rings. The molecule has 8 nitrogen and oxygen atoms in total. The average Bonchev–Trinajstić information content (AvgIpc) is 2.47. The molecule has 0 aliphatic carbocycles. The lowest BCUT2D eigenvalue weighted by Crippen LogP contribution is -2.18. The zero-order valence-corrected chi connectivity index (χ0v) is 11.6. The van der Waals surface area contributed by atoms with Gasteiger partial charge in [-0.2, -0.15) is 15.0 Å². The quantitative estimate of drug-likeness (QED) is 0.548. The molecule has 0 aliphatic rings. The van der Waals surface area contributed by atoms with Crippen LogP contribution in [0.1, 0.15) is 0 Å². The van der Waals surface area contributed by atoms with E-state index in [9.17, 15) is 0 Å². The van der Waals surface area contributed by atoms with Crippen molar-refractivity contribution in [3.05, 3.63) is 24.3 Å². The first kappa shape index (κ1) is 13.8. The number of ether oxygens (including phenoxy) is 1. The van der Waals surface area contributed by atoms with Crippen LogP contribution in [0.2, 0.25) is 0 Å². The Labute approximate surface area is 117 Å². The maximum atomic E-state index is 5.36. The normalized spacial score (nSPS) is 10.0. The molecule has 0 bridgehead atoms. The van der Waals surface area contributed by atoms with E-state index in [1.807, 2.05) is 38.4 Å². The van der Waals surface area contributed by atoms with Gasteiger partial charge in [-0.25, -0.2) is 5.84 Å². The standard InChI is InChI=1S/C12H17N7O/c1-19(2)12-16-10(15-11(17-12)18-13)14-8-5-4-6-9(7-8)20-3/h4-7H,13H2,1-3H3,(H2,14,15,16,17,18). The van der Waals surface area contributed by atoms with Gasteiger partial charge in [-0.15, -0.1) is 0 Å². The SMILES string of the molecule is COc1cccc(Nc2nc(NN)nc(N(C)C)n2)c1. The fourth-order valence-corrected chi connectivity index (χ4v) is 1.52. The molecule has 2 rings (SSSR count). The number of nitrogen functional groups attached to an aromatic ring is 1. The zero-order chi connectivity index (χ0) is 14.5. The van der Waals surface area contributed by atoms with E-state index in [1.54, 1.807) is 12.0 Å². The highest BCUT2D eigenvalue weighted by atomic mass is 16.5. The molecule has 8 heteroatoms. The van der Waals surface area contributed by atoms with E-state index < -0.39 is 0 Å². The van der Waals surface area contributed by atoms with Gasteiger partial charge in [-0.05, 0) is 12.1 Å². The topological polar surface area (TPSA) is 101 Å². The van der Waals surface area contributed by atoms with Crippen molar-refractivity contribution in [1.82, 2.24) is 15.0 Å². The van der Waals surface area contributed by atoms with Gasteiger partial charge < -0.3 is 15.0 Å². The predicted molar refractivity (Wildman–Crippen MR) is 78.2 cm³/mol. The van der Waals surface area contributed by atoms with E-state index in [0.29, 0.717) is 11.9 Å². The molecule has 1 aromatic carbocycles. The minimum Gasteiger partial charge on any atom is -0.497 e. The fourth-order valence-electron chi connectivity index (χ4n) is 1.52. The summed E-state index contributed by atoms with van der Waals surface area (Å²) in [6, 6.07) is 7.46. The van der Waals surface area contributed by atoms with E-state index in [0.717, 1.165) is 11.4 Å². The molecule has 20 heavy (non-hydrogen) atoms. The average molecular weight is 275 g/mol. The number of hydrogen-bond acceptors (Lipinski definition) is 8. The zero-order valence-electron chi connectivity index (χ0n) is 11.6. The Kier molecular flexibility index (Phi) is 4.16. The smallest absolute Gasteiger partial charge is 0.243 e. The van der Waals surface area contributed by atoms with Crippen LogP contribution in [0.4, 0.5) is 23.5 Å². The predicted octanol–water partition coefficient (Wildman–Crippen LogP) is 0.975. The molecule has 106 valence electrons. The van der Waals surface area contributed by atoms with Gasteiger partial charge >= 0.3 is 0 Å². The van der Waals surface area contributed by atoms with Crippen LogP contribution in [0.3, 0.4) is 0 Å². The lowest BCUT2D eigenvalue weighted by atomic mass is 10.3. The highest BCUT2D eigenvalue weighted by Gasteiger charge is 2.08. The third kappa shape index (κ3) is 3.23. The molecule has 0 amide bonds. The Bertz CT molecular complexity index is 588. The molecular formula is C12H17N7O. The summed E-state index contributed by atoms with van der Waals surface area (Å²) in [5.41, 5.74) is 3.23. The minimum absolute atomic E-state index is 0.286. The second-order valence-corrected chi connectivity index (χ2v) is 4.18. The summed E-state index contributed by atoms with van der Waals surface area (Å²) in [6.07, 6.45) is 0. The Morgan fingerprint density at radius 3 is 2.55 bits per heavy atom. The molecule has 0 radical (unpaired) electrons. The van der Waals surface area contributed by atoms with E-state index >= 15 is 0 Å². The molecule has 0 saturated heterocycles. The van der Waals surface area contributed by atoms with Crippen LogP contribution in [0.15, 0.2) is 24.3 Å². The molecule has 0 spiro atoms. The minimum atomic E-state index is 0.286. The first-order valence-electron chi connectivity index (χ1n) is 5.93. The first-order valence-corrected chi connectivity index (χ1v) is 5.93. The summed E-state index contributed by atoms with van der Waals surface area (Å²) >= 11 is 0. The lowest BCUT2D eigenvalue weighted by Gasteiger charge is -2.13. The van der Waals surface area contributed by atoms with Gasteiger partial charge in [0.1, 0.15) is 5.75 Å². The van der Waals surface area contributed by atoms with Crippen molar-refractivity contribution in [2.75, 3.05) is 36.8 Å². The van der Waals surface area contributed by atoms with Gasteiger partial charge in [-0.3, -0.25) is 5.43 Å². The van der Waals surface area contributed by atoms with Crippen molar-refractivity contribution in [1.29, 1.82) is 0 Å². The Morgan fingerprint density at radius 1 is 1.15 bits per heavy atom. The maximum Gasteiger partial charge on any atom is 0.243 e. The van der Waals surface area contributed by atoms with Crippen molar-refractivity contribution >= 4 is 23.5 Å². The summed E-state index contributed by atoms with van der Waals surface area (Å²) < 4.78 is 5.17. The van der Waals surface area contributed by atoms with Crippen molar-refractivity contribution < 1.29 is 4.74 Å². The van der Waals surface area contributed by atoms with Crippen molar-refractivity contribution in [2.24, 2.45) is 5.84 Å². The Balaban J connectivity index is 2.29. The van der Waals surface area contributed by atoms with Gasteiger partial charge in [0.15, 0.2) is 0 Å². The van der Waals surface area contributed by atoms with Crippen LogP contribution in [-0.2, 0) is 0 Å². The van der Waals surface area contributed by atoms with Crippen LogP contribution in [0.25, 0.3) is 0 Å². The van der Waals surface area contributed by atoms with Gasteiger partial charge in [0.05, 0.1) is 7.11 Å². The van der Waals surface area contributed by atoms with E-state index in [4.69, 9.17) is 10.6 Å². The summed E-state index contributed by atoms with van der Waals surface area (Å²) in [4.78, 5) is 14.3. The van der Waals surface area contributed by atoms with Crippen LogP contribution in [-0.4, -0.2) is 36.2 Å². The number of benzene rings is 1. The van der Waals surface area contributed by atoms with Crippen LogP contribution >= 0.6 is 0 Å². The molecule has 0 unspecified atom stereocenters. The Hall–Kier alpha value is -2.61. The van der Waals surface area contributed by atoms with Crippen LogP contribution < -0.4 is 26.2 Å². The van der Waals surface area contributed by atoms with Crippen molar-refractivity contribution in [3.63, 3.8) is 0 Å². The van der Waals surface area contributed by atoms with Gasteiger partial charge in [0.25, 0.3) is 0 Å². The number of anilines is 4. The number of aromatic nitrogens is 3. The van der Waals surface area contributed by atoms with E-state index in [1.165, 1.54) is 0 Å². The first-order chi connectivity index (χ1) is 9.62. The van der Waals surface area contributed by atoms with Crippen molar-refractivity contribution in [3.8, 4) is 5.75 Å². The number of rotatable bonds is 5. The van der Waals surface area contributed by atoms with E-state index in [-0.39, 0.29) is 5.95 Å². The van der Waals surface area contributed by atoms with Gasteiger partial charge in [-0.1, -0.05) is 6.07 Å². The lowest BCUT2D eigenvalue weighted by molar-refractivity contribution is 0.415. The summed E-state index contributed by atoms with van der Waals surface area (Å²) in [5, 5.41) is 3.08. The number of nitrogens with two attached hydrogens (primary N) is 1. The largest absolute Gasteiger partial charge is 0.497 e. The van der Waals surface area contributed by atoms with Gasteiger partial charge in [0.2, 0.25) is 17.8 Å². The molecule has 0 fully saturated rings. The number of methoxy groups -OCH3 is 1. The summed E-state index contributed by atoms with van der Waals surface area (Å²) in [7, 11) is 5.29. The number of nitrogens with one attached hydrogen (secondary N) is 2. The molecule has 0 atom stereocenters.